The van der Waals surface area contributed by atoms with E-state index in [0.29, 0.717) is 28.7 Å². The molecular weight excluding hydrogens is 373 g/mol. The van der Waals surface area contributed by atoms with E-state index >= 15 is 0 Å². The Morgan fingerprint density at radius 2 is 1.81 bits per heavy atom. The van der Waals surface area contributed by atoms with Crippen LogP contribution in [0.2, 0.25) is 10.0 Å². The van der Waals surface area contributed by atoms with Gasteiger partial charge in [0, 0.05) is 41.7 Å². The van der Waals surface area contributed by atoms with Crippen LogP contribution in [0.3, 0.4) is 0 Å². The van der Waals surface area contributed by atoms with E-state index < -0.39 is 0 Å². The molecule has 7 heteroatoms. The van der Waals surface area contributed by atoms with Gasteiger partial charge in [-0.3, -0.25) is 14.6 Å². The van der Waals surface area contributed by atoms with Crippen molar-refractivity contribution in [2.75, 3.05) is 18.9 Å². The van der Waals surface area contributed by atoms with Crippen molar-refractivity contribution in [1.82, 2.24) is 9.88 Å². The molecule has 1 aromatic heterocycles. The van der Waals surface area contributed by atoms with E-state index in [-0.39, 0.29) is 23.7 Å². The Balaban J connectivity index is 1.50. The van der Waals surface area contributed by atoms with Gasteiger partial charge in [-0.1, -0.05) is 23.2 Å². The molecule has 136 valence electrons. The van der Waals surface area contributed by atoms with Gasteiger partial charge in [0.2, 0.25) is 11.8 Å². The standard InChI is InChI=1S/C19H19Cl2N3O2/c1-24(7-4-12-2-5-22-6-3-12)19(26)17-11-16(17)18(25)23-15-9-13(20)8-14(21)10-15/h2-3,5-6,8-10,16-17H,4,7,11H2,1H3,(H,23,25). The van der Waals surface area contributed by atoms with Crippen molar-refractivity contribution in [3.05, 3.63) is 58.3 Å². The van der Waals surface area contributed by atoms with E-state index in [0.717, 1.165) is 12.0 Å². The van der Waals surface area contributed by atoms with Crippen LogP contribution in [0.4, 0.5) is 5.69 Å². The molecule has 0 saturated heterocycles. The van der Waals surface area contributed by atoms with Crippen LogP contribution in [-0.2, 0) is 16.0 Å². The largest absolute Gasteiger partial charge is 0.345 e. The third-order valence-corrected chi connectivity index (χ3v) is 4.87. The van der Waals surface area contributed by atoms with E-state index in [9.17, 15) is 9.59 Å². The van der Waals surface area contributed by atoms with Crippen LogP contribution in [0, 0.1) is 11.8 Å². The highest BCUT2D eigenvalue weighted by atomic mass is 35.5. The number of anilines is 1. The number of nitrogens with zero attached hydrogens (tertiary/aromatic N) is 2. The first kappa shape index (κ1) is 18.7. The summed E-state index contributed by atoms with van der Waals surface area (Å²) in [4.78, 5) is 30.5. The van der Waals surface area contributed by atoms with E-state index in [1.165, 1.54) is 0 Å². The fourth-order valence-electron chi connectivity index (χ4n) is 2.86. The second-order valence-electron chi connectivity index (χ2n) is 6.46. The minimum atomic E-state index is -0.302. The molecule has 0 bridgehead atoms. The predicted molar refractivity (Wildman–Crippen MR) is 102 cm³/mol. The van der Waals surface area contributed by atoms with E-state index in [2.05, 4.69) is 10.3 Å². The number of carbonyl (C=O) groups is 2. The van der Waals surface area contributed by atoms with Gasteiger partial charge in [0.1, 0.15) is 0 Å². The normalized spacial score (nSPS) is 18.3. The fraction of sp³-hybridized carbons (Fsp3) is 0.316. The van der Waals surface area contributed by atoms with Crippen LogP contribution in [0.25, 0.3) is 0 Å². The summed E-state index contributed by atoms with van der Waals surface area (Å²) in [6.07, 6.45) is 4.80. The Labute approximate surface area is 162 Å². The van der Waals surface area contributed by atoms with Gasteiger partial charge in [0.05, 0.1) is 11.8 Å². The van der Waals surface area contributed by atoms with Crippen molar-refractivity contribution in [2.24, 2.45) is 11.8 Å². The molecule has 3 rings (SSSR count). The Bertz CT molecular complexity index is 793. The summed E-state index contributed by atoms with van der Waals surface area (Å²) in [5.74, 6) is -0.733. The molecule has 2 atom stereocenters. The summed E-state index contributed by atoms with van der Waals surface area (Å²) < 4.78 is 0. The number of aromatic nitrogens is 1. The van der Waals surface area contributed by atoms with Gasteiger partial charge in [-0.25, -0.2) is 0 Å². The highest BCUT2D eigenvalue weighted by Crippen LogP contribution is 2.41. The van der Waals surface area contributed by atoms with Crippen LogP contribution >= 0.6 is 23.2 Å². The third-order valence-electron chi connectivity index (χ3n) is 4.44. The summed E-state index contributed by atoms with van der Waals surface area (Å²) in [6, 6.07) is 8.72. The number of pyridine rings is 1. The van der Waals surface area contributed by atoms with Crippen molar-refractivity contribution in [1.29, 1.82) is 0 Å². The molecule has 26 heavy (non-hydrogen) atoms. The molecule has 1 saturated carbocycles. The van der Waals surface area contributed by atoms with Crippen LogP contribution in [0.1, 0.15) is 12.0 Å². The molecule has 2 aromatic rings. The lowest BCUT2D eigenvalue weighted by Gasteiger charge is -2.17. The smallest absolute Gasteiger partial charge is 0.228 e. The Morgan fingerprint density at radius 1 is 1.15 bits per heavy atom. The summed E-state index contributed by atoms with van der Waals surface area (Å²) in [7, 11) is 1.77. The Morgan fingerprint density at radius 3 is 2.46 bits per heavy atom. The molecule has 0 spiro atoms. The topological polar surface area (TPSA) is 62.3 Å². The second-order valence-corrected chi connectivity index (χ2v) is 7.33. The van der Waals surface area contributed by atoms with Gasteiger partial charge in [0.25, 0.3) is 0 Å². The highest BCUT2D eigenvalue weighted by molar-refractivity contribution is 6.35. The van der Waals surface area contributed by atoms with E-state index in [4.69, 9.17) is 23.2 Å². The number of likely N-dealkylation sites (N-methyl/N-ethyl adjacent to an activating group) is 1. The average molecular weight is 392 g/mol. The zero-order chi connectivity index (χ0) is 18.7. The molecule has 1 fully saturated rings. The number of rotatable bonds is 6. The highest BCUT2D eigenvalue weighted by Gasteiger charge is 2.49. The maximum atomic E-state index is 12.5. The Kier molecular flexibility index (Phi) is 5.79. The lowest BCUT2D eigenvalue weighted by atomic mass is 10.2. The SMILES string of the molecule is CN(CCc1ccncc1)C(=O)C1CC1C(=O)Nc1cc(Cl)cc(Cl)c1. The second kappa shape index (κ2) is 8.06. The first-order valence-corrected chi connectivity index (χ1v) is 9.10. The maximum Gasteiger partial charge on any atom is 0.228 e. The molecule has 0 radical (unpaired) electrons. The molecular formula is C19H19Cl2N3O2. The van der Waals surface area contributed by atoms with Gasteiger partial charge in [-0.05, 0) is 48.7 Å². The summed E-state index contributed by atoms with van der Waals surface area (Å²) in [5.41, 5.74) is 1.67. The molecule has 2 amide bonds. The van der Waals surface area contributed by atoms with Crippen LogP contribution < -0.4 is 5.32 Å². The number of halogens is 2. The van der Waals surface area contributed by atoms with E-state index in [1.807, 2.05) is 12.1 Å². The quantitative estimate of drug-likeness (QED) is 0.816. The number of carbonyl (C=O) groups excluding carboxylic acids is 2. The third kappa shape index (κ3) is 4.74. The van der Waals surface area contributed by atoms with Crippen molar-refractivity contribution in [3.8, 4) is 0 Å². The van der Waals surface area contributed by atoms with Crippen molar-refractivity contribution in [3.63, 3.8) is 0 Å². The van der Waals surface area contributed by atoms with Crippen LogP contribution in [0.15, 0.2) is 42.7 Å². The van der Waals surface area contributed by atoms with Gasteiger partial charge in [-0.2, -0.15) is 0 Å². The number of nitrogens with one attached hydrogen (secondary N) is 1. The monoisotopic (exact) mass is 391 g/mol. The zero-order valence-electron chi connectivity index (χ0n) is 14.3. The number of hydrogen-bond acceptors (Lipinski definition) is 3. The zero-order valence-corrected chi connectivity index (χ0v) is 15.8. The molecule has 1 aliphatic rings. The lowest BCUT2D eigenvalue weighted by Crippen LogP contribution is -2.31. The molecule has 1 heterocycles. The molecule has 1 N–H and O–H groups in total. The first-order chi connectivity index (χ1) is 12.4. The van der Waals surface area contributed by atoms with Gasteiger partial charge in [0.15, 0.2) is 0 Å². The van der Waals surface area contributed by atoms with E-state index in [1.54, 1.807) is 42.5 Å². The maximum absolute atomic E-state index is 12.5. The predicted octanol–water partition coefficient (Wildman–Crippen LogP) is 3.66. The van der Waals surface area contributed by atoms with Crippen LogP contribution in [-0.4, -0.2) is 35.3 Å². The average Bonchev–Trinajstić information content (AvgIpc) is 3.40. The molecule has 0 aliphatic heterocycles. The number of benzene rings is 1. The first-order valence-electron chi connectivity index (χ1n) is 8.35. The van der Waals surface area contributed by atoms with Gasteiger partial charge in [-0.15, -0.1) is 0 Å². The minimum absolute atomic E-state index is 0.00309. The summed E-state index contributed by atoms with van der Waals surface area (Å²) >= 11 is 11.9. The number of amides is 2. The number of hydrogen-bond donors (Lipinski definition) is 1. The summed E-state index contributed by atoms with van der Waals surface area (Å²) in [6.45, 7) is 0.609. The van der Waals surface area contributed by atoms with Gasteiger partial charge < -0.3 is 10.2 Å². The van der Waals surface area contributed by atoms with Crippen molar-refractivity contribution < 1.29 is 9.59 Å². The fourth-order valence-corrected chi connectivity index (χ4v) is 3.38. The van der Waals surface area contributed by atoms with Crippen molar-refractivity contribution >= 4 is 40.7 Å². The Hall–Kier alpha value is -2.11. The van der Waals surface area contributed by atoms with Crippen LogP contribution in [0.5, 0.6) is 0 Å². The molecule has 5 nitrogen and oxygen atoms in total. The summed E-state index contributed by atoms with van der Waals surface area (Å²) in [5, 5.41) is 3.68. The molecule has 1 aromatic carbocycles. The van der Waals surface area contributed by atoms with Crippen molar-refractivity contribution in [2.45, 2.75) is 12.8 Å². The molecule has 1 aliphatic carbocycles. The lowest BCUT2D eigenvalue weighted by molar-refractivity contribution is -0.132. The molecule has 2 unspecified atom stereocenters. The van der Waals surface area contributed by atoms with Gasteiger partial charge >= 0.3 is 0 Å². The minimum Gasteiger partial charge on any atom is -0.345 e.